The van der Waals surface area contributed by atoms with Gasteiger partial charge in [0.25, 0.3) is 0 Å². The number of rotatable bonds is 4. The van der Waals surface area contributed by atoms with Crippen LogP contribution in [0.2, 0.25) is 0 Å². The molecule has 0 N–H and O–H groups in total. The molecule has 2 aromatic carbocycles. The molecular weight excluding hydrogens is 274 g/mol. The highest BCUT2D eigenvalue weighted by atomic mass is 32.2. The highest BCUT2D eigenvalue weighted by Gasteiger charge is 2.18. The van der Waals surface area contributed by atoms with E-state index in [4.69, 9.17) is 10.00 Å². The molecule has 5 heteroatoms. The van der Waals surface area contributed by atoms with E-state index in [0.29, 0.717) is 16.9 Å². The summed E-state index contributed by atoms with van der Waals surface area (Å²) < 4.78 is 29.8. The standard InChI is InChI=1S/C15H13NO3S/c1-19-15-8-7-12(10-16)9-13(15)11-20(17,18)14-5-3-2-4-6-14/h2-9H,11H2,1H3. The minimum absolute atomic E-state index is 0.199. The normalized spacial score (nSPS) is 10.8. The fourth-order valence-electron chi connectivity index (χ4n) is 1.88. The van der Waals surface area contributed by atoms with E-state index in [9.17, 15) is 8.42 Å². The average Bonchev–Trinajstić information content (AvgIpc) is 2.47. The summed E-state index contributed by atoms with van der Waals surface area (Å²) in [4.78, 5) is 0.254. The molecule has 0 aliphatic carbocycles. The lowest BCUT2D eigenvalue weighted by atomic mass is 10.1. The van der Waals surface area contributed by atoms with Gasteiger partial charge in [-0.1, -0.05) is 18.2 Å². The first-order valence-electron chi connectivity index (χ1n) is 5.91. The molecule has 0 unspecified atom stereocenters. The predicted molar refractivity (Wildman–Crippen MR) is 75.0 cm³/mol. The van der Waals surface area contributed by atoms with Crippen LogP contribution in [-0.4, -0.2) is 15.5 Å². The topological polar surface area (TPSA) is 67.2 Å². The number of hydrogen-bond acceptors (Lipinski definition) is 4. The highest BCUT2D eigenvalue weighted by Crippen LogP contribution is 2.24. The summed E-state index contributed by atoms with van der Waals surface area (Å²) in [5.74, 6) is 0.263. The molecule has 102 valence electrons. The summed E-state index contributed by atoms with van der Waals surface area (Å²) >= 11 is 0. The van der Waals surface area contributed by atoms with Gasteiger partial charge in [-0.05, 0) is 30.3 Å². The van der Waals surface area contributed by atoms with Crippen molar-refractivity contribution in [2.45, 2.75) is 10.6 Å². The molecule has 0 saturated heterocycles. The van der Waals surface area contributed by atoms with Crippen molar-refractivity contribution in [2.75, 3.05) is 7.11 Å². The number of nitriles is 1. The van der Waals surface area contributed by atoms with Crippen molar-refractivity contribution in [1.29, 1.82) is 5.26 Å². The maximum atomic E-state index is 12.3. The van der Waals surface area contributed by atoms with Crippen LogP contribution in [0, 0.1) is 11.3 Å². The van der Waals surface area contributed by atoms with E-state index in [1.54, 1.807) is 48.5 Å². The molecule has 0 aliphatic rings. The molecule has 0 heterocycles. The lowest BCUT2D eigenvalue weighted by molar-refractivity contribution is 0.411. The Hall–Kier alpha value is -2.32. The van der Waals surface area contributed by atoms with Crippen molar-refractivity contribution in [3.05, 3.63) is 59.7 Å². The van der Waals surface area contributed by atoms with E-state index in [1.807, 2.05) is 6.07 Å². The van der Waals surface area contributed by atoms with E-state index in [2.05, 4.69) is 0 Å². The molecule has 0 spiro atoms. The van der Waals surface area contributed by atoms with Crippen LogP contribution in [0.15, 0.2) is 53.4 Å². The predicted octanol–water partition coefficient (Wildman–Crippen LogP) is 2.54. The molecule has 0 fully saturated rings. The zero-order chi connectivity index (χ0) is 14.6. The summed E-state index contributed by atoms with van der Waals surface area (Å²) in [7, 11) is -1.99. The summed E-state index contributed by atoms with van der Waals surface area (Å²) in [6, 6.07) is 15.0. The van der Waals surface area contributed by atoms with Crippen LogP contribution >= 0.6 is 0 Å². The molecule has 0 amide bonds. The van der Waals surface area contributed by atoms with Gasteiger partial charge in [0.1, 0.15) is 5.75 Å². The van der Waals surface area contributed by atoms with Gasteiger partial charge < -0.3 is 4.74 Å². The summed E-state index contributed by atoms with van der Waals surface area (Å²) in [5, 5.41) is 8.90. The quantitative estimate of drug-likeness (QED) is 0.866. The molecule has 4 nitrogen and oxygen atoms in total. The van der Waals surface area contributed by atoms with Gasteiger partial charge >= 0.3 is 0 Å². The Morgan fingerprint density at radius 2 is 1.85 bits per heavy atom. The van der Waals surface area contributed by atoms with E-state index < -0.39 is 9.84 Å². The molecule has 2 rings (SSSR count). The third-order valence-corrected chi connectivity index (χ3v) is 4.54. The molecule has 0 aliphatic heterocycles. The van der Waals surface area contributed by atoms with Crippen molar-refractivity contribution in [3.8, 4) is 11.8 Å². The van der Waals surface area contributed by atoms with E-state index in [-0.39, 0.29) is 10.6 Å². The Morgan fingerprint density at radius 3 is 2.45 bits per heavy atom. The van der Waals surface area contributed by atoms with Crippen molar-refractivity contribution < 1.29 is 13.2 Å². The molecule has 20 heavy (non-hydrogen) atoms. The van der Waals surface area contributed by atoms with Crippen LogP contribution in [0.5, 0.6) is 5.75 Å². The van der Waals surface area contributed by atoms with Crippen LogP contribution in [-0.2, 0) is 15.6 Å². The number of methoxy groups -OCH3 is 1. The van der Waals surface area contributed by atoms with Crippen molar-refractivity contribution in [3.63, 3.8) is 0 Å². The van der Waals surface area contributed by atoms with Gasteiger partial charge in [0, 0.05) is 5.56 Å². The van der Waals surface area contributed by atoms with Gasteiger partial charge in [0.15, 0.2) is 9.84 Å². The zero-order valence-electron chi connectivity index (χ0n) is 10.9. The SMILES string of the molecule is COc1ccc(C#N)cc1CS(=O)(=O)c1ccccc1. The summed E-state index contributed by atoms with van der Waals surface area (Å²) in [6.07, 6.45) is 0. The zero-order valence-corrected chi connectivity index (χ0v) is 11.7. The third-order valence-electron chi connectivity index (χ3n) is 2.86. The number of sulfone groups is 1. The van der Waals surface area contributed by atoms with E-state index in [1.165, 1.54) is 7.11 Å². The van der Waals surface area contributed by atoms with E-state index in [0.717, 1.165) is 0 Å². The van der Waals surface area contributed by atoms with Gasteiger partial charge in [0.05, 0.1) is 29.4 Å². The third kappa shape index (κ3) is 2.98. The second-order valence-electron chi connectivity index (χ2n) is 4.21. The minimum Gasteiger partial charge on any atom is -0.496 e. The van der Waals surface area contributed by atoms with Crippen molar-refractivity contribution in [2.24, 2.45) is 0 Å². The molecule has 0 radical (unpaired) electrons. The van der Waals surface area contributed by atoms with Gasteiger partial charge in [-0.2, -0.15) is 5.26 Å². The van der Waals surface area contributed by atoms with Gasteiger partial charge in [-0.3, -0.25) is 0 Å². The number of nitrogens with zero attached hydrogens (tertiary/aromatic N) is 1. The lowest BCUT2D eigenvalue weighted by Gasteiger charge is -2.09. The Labute approximate surface area is 118 Å². The second-order valence-corrected chi connectivity index (χ2v) is 6.20. The van der Waals surface area contributed by atoms with Crippen LogP contribution in [0.1, 0.15) is 11.1 Å². The van der Waals surface area contributed by atoms with Crippen molar-refractivity contribution in [1.82, 2.24) is 0 Å². The van der Waals surface area contributed by atoms with Crippen LogP contribution in [0.4, 0.5) is 0 Å². The Balaban J connectivity index is 2.42. The molecular formula is C15H13NO3S. The fourth-order valence-corrected chi connectivity index (χ4v) is 3.25. The smallest absolute Gasteiger partial charge is 0.182 e. The fraction of sp³-hybridized carbons (Fsp3) is 0.133. The van der Waals surface area contributed by atoms with Gasteiger partial charge in [-0.15, -0.1) is 0 Å². The van der Waals surface area contributed by atoms with Crippen LogP contribution in [0.25, 0.3) is 0 Å². The maximum absolute atomic E-state index is 12.3. The van der Waals surface area contributed by atoms with Crippen LogP contribution < -0.4 is 4.74 Å². The first kappa shape index (κ1) is 14.1. The Morgan fingerprint density at radius 1 is 1.15 bits per heavy atom. The second kappa shape index (κ2) is 5.76. The number of ether oxygens (including phenoxy) is 1. The monoisotopic (exact) mass is 287 g/mol. The van der Waals surface area contributed by atoms with Crippen molar-refractivity contribution >= 4 is 9.84 Å². The van der Waals surface area contributed by atoms with Gasteiger partial charge in [0.2, 0.25) is 0 Å². The summed E-state index contributed by atoms with van der Waals surface area (Å²) in [5.41, 5.74) is 0.888. The van der Waals surface area contributed by atoms with Gasteiger partial charge in [-0.25, -0.2) is 8.42 Å². The Bertz CT molecular complexity index is 746. The Kier molecular flexibility index (Phi) is 4.06. The minimum atomic E-state index is -3.46. The summed E-state index contributed by atoms with van der Waals surface area (Å²) in [6.45, 7) is 0. The first-order chi connectivity index (χ1) is 9.56. The average molecular weight is 287 g/mol. The number of hydrogen-bond donors (Lipinski definition) is 0. The lowest BCUT2D eigenvalue weighted by Crippen LogP contribution is -2.06. The molecule has 0 atom stereocenters. The molecule has 0 bridgehead atoms. The largest absolute Gasteiger partial charge is 0.496 e. The van der Waals surface area contributed by atoms with E-state index >= 15 is 0 Å². The first-order valence-corrected chi connectivity index (χ1v) is 7.57. The maximum Gasteiger partial charge on any atom is 0.182 e. The van der Waals surface area contributed by atoms with Crippen LogP contribution in [0.3, 0.4) is 0 Å². The molecule has 0 aromatic heterocycles. The number of benzene rings is 2. The molecule has 0 saturated carbocycles. The molecule has 2 aromatic rings. The highest BCUT2D eigenvalue weighted by molar-refractivity contribution is 7.90.